The molecule has 0 aliphatic heterocycles. The smallest absolute Gasteiger partial charge is 0.455 e. The first-order chi connectivity index (χ1) is 10.0. The number of aliphatic carboxylic acids is 1. The number of benzene rings is 1. The number of rotatable bonds is 6. The zero-order valence-corrected chi connectivity index (χ0v) is 11.0. The van der Waals surface area contributed by atoms with Crippen LogP contribution in [0, 0.1) is 0 Å². The van der Waals surface area contributed by atoms with Crippen LogP contribution in [0.15, 0.2) is 30.3 Å². The number of hydrogen-bond donors (Lipinski definition) is 2. The van der Waals surface area contributed by atoms with Crippen LogP contribution in [-0.2, 0) is 16.0 Å². The minimum absolute atomic E-state index is 0.393. The Hall–Kier alpha value is -2.19. The average Bonchev–Trinajstić information content (AvgIpc) is 2.37. The van der Waals surface area contributed by atoms with Crippen molar-refractivity contribution in [2.75, 3.05) is 0 Å². The third-order valence-electron chi connectivity index (χ3n) is 2.74. The summed E-state index contributed by atoms with van der Waals surface area (Å²) in [5.74, 6) is -8.35. The van der Waals surface area contributed by atoms with E-state index in [-0.39, 0.29) is 0 Å². The number of halogens is 5. The Kier molecular flexibility index (Phi) is 5.45. The number of nitrogens with one attached hydrogen (secondary N) is 1. The van der Waals surface area contributed by atoms with E-state index >= 15 is 0 Å². The Morgan fingerprint density at radius 3 is 2.09 bits per heavy atom. The van der Waals surface area contributed by atoms with Gasteiger partial charge in [-0.15, -0.1) is 0 Å². The maximum atomic E-state index is 13.3. The molecule has 0 aliphatic rings. The molecule has 1 amide bonds. The second-order valence-electron chi connectivity index (χ2n) is 4.50. The summed E-state index contributed by atoms with van der Waals surface area (Å²) in [6.45, 7) is 0. The normalized spacial score (nSPS) is 13.5. The van der Waals surface area contributed by atoms with Gasteiger partial charge in [0.1, 0.15) is 6.04 Å². The zero-order valence-electron chi connectivity index (χ0n) is 11.0. The quantitative estimate of drug-likeness (QED) is 0.789. The third kappa shape index (κ3) is 4.68. The molecule has 0 bridgehead atoms. The van der Waals surface area contributed by atoms with Crippen molar-refractivity contribution >= 4 is 11.9 Å². The van der Waals surface area contributed by atoms with Gasteiger partial charge in [-0.2, -0.15) is 22.0 Å². The molecule has 0 aliphatic carbocycles. The van der Waals surface area contributed by atoms with Crippen molar-refractivity contribution in [3.63, 3.8) is 0 Å². The minimum atomic E-state index is -5.97. The Bertz CT molecular complexity index is 530. The van der Waals surface area contributed by atoms with Crippen LogP contribution in [-0.4, -0.2) is 35.1 Å². The predicted octanol–water partition coefficient (Wildman–Crippen LogP) is 2.39. The van der Waals surface area contributed by atoms with Gasteiger partial charge >= 0.3 is 18.1 Å². The second-order valence-corrected chi connectivity index (χ2v) is 4.50. The summed E-state index contributed by atoms with van der Waals surface area (Å²) in [5, 5.41) is 9.92. The highest BCUT2D eigenvalue weighted by molar-refractivity contribution is 5.79. The molecule has 122 valence electrons. The highest BCUT2D eigenvalue weighted by atomic mass is 19.4. The van der Waals surface area contributed by atoms with Crippen LogP contribution in [0.25, 0.3) is 0 Å². The standard InChI is InChI=1S/C13H12F5NO3/c14-12(15,13(16,17)18)9(7-11(21)22)19-10(20)6-8-4-2-1-3-5-8/h1-5,9H,6-7H2,(H,19,20)(H,21,22)/t9-/m1/s1. The summed E-state index contributed by atoms with van der Waals surface area (Å²) in [4.78, 5) is 22.0. The number of alkyl halides is 5. The number of carboxylic acid groups (broad SMARTS) is 1. The average molecular weight is 325 g/mol. The van der Waals surface area contributed by atoms with E-state index in [0.717, 1.165) is 0 Å². The Labute approximate surface area is 121 Å². The molecule has 1 aromatic carbocycles. The van der Waals surface area contributed by atoms with Crippen LogP contribution in [0.1, 0.15) is 12.0 Å². The molecule has 1 rings (SSSR count). The first kappa shape index (κ1) is 17.9. The van der Waals surface area contributed by atoms with Gasteiger partial charge in [0.05, 0.1) is 12.8 Å². The number of amides is 1. The summed E-state index contributed by atoms with van der Waals surface area (Å²) in [7, 11) is 0. The van der Waals surface area contributed by atoms with Crippen LogP contribution < -0.4 is 5.32 Å². The Balaban J connectivity index is 2.85. The summed E-state index contributed by atoms with van der Waals surface area (Å²) >= 11 is 0. The lowest BCUT2D eigenvalue weighted by Crippen LogP contribution is -2.56. The van der Waals surface area contributed by atoms with Crippen LogP contribution >= 0.6 is 0 Å². The Morgan fingerprint density at radius 1 is 1.09 bits per heavy atom. The lowest BCUT2D eigenvalue weighted by Gasteiger charge is -2.28. The molecule has 1 atom stereocenters. The summed E-state index contributed by atoms with van der Waals surface area (Å²) in [6, 6.07) is 4.83. The highest BCUT2D eigenvalue weighted by Crippen LogP contribution is 2.39. The van der Waals surface area contributed by atoms with E-state index in [2.05, 4.69) is 0 Å². The van der Waals surface area contributed by atoms with E-state index < -0.39 is 42.9 Å². The maximum Gasteiger partial charge on any atom is 0.455 e. The van der Waals surface area contributed by atoms with Crippen molar-refractivity contribution in [1.29, 1.82) is 0 Å². The van der Waals surface area contributed by atoms with E-state index in [4.69, 9.17) is 5.11 Å². The molecule has 4 nitrogen and oxygen atoms in total. The fraction of sp³-hybridized carbons (Fsp3) is 0.385. The van der Waals surface area contributed by atoms with E-state index in [1.54, 1.807) is 18.2 Å². The monoisotopic (exact) mass is 325 g/mol. The zero-order chi connectivity index (χ0) is 17.0. The molecular formula is C13H12F5NO3. The lowest BCUT2D eigenvalue weighted by atomic mass is 10.0. The largest absolute Gasteiger partial charge is 0.481 e. The third-order valence-corrected chi connectivity index (χ3v) is 2.74. The second kappa shape index (κ2) is 6.71. The van der Waals surface area contributed by atoms with Gasteiger partial charge in [-0.1, -0.05) is 30.3 Å². The van der Waals surface area contributed by atoms with Crippen molar-refractivity contribution in [1.82, 2.24) is 5.32 Å². The molecule has 0 saturated heterocycles. The molecular weight excluding hydrogens is 313 g/mol. The molecule has 0 aromatic heterocycles. The molecule has 2 N–H and O–H groups in total. The molecule has 22 heavy (non-hydrogen) atoms. The van der Waals surface area contributed by atoms with Crippen molar-refractivity contribution in [2.45, 2.75) is 31.0 Å². The predicted molar refractivity (Wildman–Crippen MR) is 65.3 cm³/mol. The number of hydrogen-bond acceptors (Lipinski definition) is 2. The molecule has 0 saturated carbocycles. The van der Waals surface area contributed by atoms with Crippen molar-refractivity contribution in [2.24, 2.45) is 0 Å². The minimum Gasteiger partial charge on any atom is -0.481 e. The van der Waals surface area contributed by atoms with Gasteiger partial charge in [0.25, 0.3) is 0 Å². The Morgan fingerprint density at radius 2 is 1.64 bits per heavy atom. The van der Waals surface area contributed by atoms with E-state index in [1.807, 2.05) is 0 Å². The molecule has 0 unspecified atom stereocenters. The van der Waals surface area contributed by atoms with Crippen LogP contribution in [0.4, 0.5) is 22.0 Å². The molecule has 9 heteroatoms. The molecule has 0 fully saturated rings. The van der Waals surface area contributed by atoms with E-state index in [9.17, 15) is 31.5 Å². The van der Waals surface area contributed by atoms with Crippen molar-refractivity contribution < 1.29 is 36.6 Å². The molecule has 0 heterocycles. The topological polar surface area (TPSA) is 66.4 Å². The van der Waals surface area contributed by atoms with Gasteiger partial charge in [0.2, 0.25) is 5.91 Å². The number of carbonyl (C=O) groups excluding carboxylic acids is 1. The fourth-order valence-electron chi connectivity index (χ4n) is 1.67. The number of carboxylic acids is 1. The summed E-state index contributed by atoms with van der Waals surface area (Å²) in [5.41, 5.74) is 0.393. The van der Waals surface area contributed by atoms with Gasteiger partial charge in [0.15, 0.2) is 0 Å². The first-order valence-corrected chi connectivity index (χ1v) is 6.03. The van der Waals surface area contributed by atoms with Crippen LogP contribution in [0.2, 0.25) is 0 Å². The SMILES string of the molecule is O=C(O)C[C@@H](NC(=O)Cc1ccccc1)C(F)(F)C(F)(F)F. The van der Waals surface area contributed by atoms with E-state index in [0.29, 0.717) is 5.56 Å². The summed E-state index contributed by atoms with van der Waals surface area (Å²) < 4.78 is 63.5. The van der Waals surface area contributed by atoms with Crippen molar-refractivity contribution in [3.05, 3.63) is 35.9 Å². The lowest BCUT2D eigenvalue weighted by molar-refractivity contribution is -0.292. The molecule has 0 radical (unpaired) electrons. The van der Waals surface area contributed by atoms with Crippen LogP contribution in [0.3, 0.4) is 0 Å². The summed E-state index contributed by atoms with van der Waals surface area (Å²) in [6.07, 6.45) is -7.95. The molecule has 0 spiro atoms. The fourth-order valence-corrected chi connectivity index (χ4v) is 1.67. The van der Waals surface area contributed by atoms with E-state index in [1.165, 1.54) is 17.4 Å². The maximum absolute atomic E-state index is 13.3. The van der Waals surface area contributed by atoms with Gasteiger partial charge in [-0.05, 0) is 5.56 Å². The van der Waals surface area contributed by atoms with Gasteiger partial charge < -0.3 is 10.4 Å². The van der Waals surface area contributed by atoms with Gasteiger partial charge in [-0.3, -0.25) is 9.59 Å². The van der Waals surface area contributed by atoms with Gasteiger partial charge in [-0.25, -0.2) is 0 Å². The van der Waals surface area contributed by atoms with Crippen LogP contribution in [0.5, 0.6) is 0 Å². The highest BCUT2D eigenvalue weighted by Gasteiger charge is 2.63. The molecule has 1 aromatic rings. The first-order valence-electron chi connectivity index (χ1n) is 6.03. The van der Waals surface area contributed by atoms with Gasteiger partial charge in [0, 0.05) is 0 Å². The van der Waals surface area contributed by atoms with Crippen molar-refractivity contribution in [3.8, 4) is 0 Å². The number of carbonyl (C=O) groups is 2.